The van der Waals surface area contributed by atoms with Crippen molar-refractivity contribution >= 4 is 17.7 Å². The average molecular weight is 326 g/mol. The summed E-state index contributed by atoms with van der Waals surface area (Å²) < 4.78 is 15.4. The summed E-state index contributed by atoms with van der Waals surface area (Å²) in [5.74, 6) is 1.15. The number of nitrogens with zero attached hydrogens (tertiary/aromatic N) is 2. The first kappa shape index (κ1) is 16.9. The highest BCUT2D eigenvalue weighted by Gasteiger charge is 2.31. The molecule has 0 bridgehead atoms. The number of thioether (sulfide) groups is 1. The molecule has 1 aromatic rings. The fourth-order valence-electron chi connectivity index (χ4n) is 2.61. The molecule has 22 heavy (non-hydrogen) atoms. The van der Waals surface area contributed by atoms with E-state index in [1.165, 1.54) is 0 Å². The summed E-state index contributed by atoms with van der Waals surface area (Å²) in [4.78, 5) is 20.4. The van der Waals surface area contributed by atoms with E-state index in [-0.39, 0.29) is 5.97 Å². The van der Waals surface area contributed by atoms with Gasteiger partial charge in [0.25, 0.3) is 0 Å². The van der Waals surface area contributed by atoms with Crippen molar-refractivity contribution in [2.75, 3.05) is 20.8 Å². The zero-order chi connectivity index (χ0) is 15.9. The van der Waals surface area contributed by atoms with E-state index >= 15 is 0 Å². The molecule has 0 amide bonds. The van der Waals surface area contributed by atoms with Crippen LogP contribution >= 0.6 is 11.8 Å². The van der Waals surface area contributed by atoms with Crippen LogP contribution in [0.4, 0.5) is 0 Å². The number of esters is 1. The second kappa shape index (κ2) is 8.22. The molecule has 6 nitrogen and oxygen atoms in total. The monoisotopic (exact) mass is 326 g/mol. The lowest BCUT2D eigenvalue weighted by molar-refractivity contribution is -0.144. The van der Waals surface area contributed by atoms with Gasteiger partial charge in [0.05, 0.1) is 26.9 Å². The van der Waals surface area contributed by atoms with Crippen LogP contribution in [0.2, 0.25) is 0 Å². The second-order valence-corrected chi connectivity index (χ2v) is 6.30. The van der Waals surface area contributed by atoms with Gasteiger partial charge in [-0.2, -0.15) is 9.97 Å². The molecule has 0 saturated heterocycles. The molecule has 2 unspecified atom stereocenters. The van der Waals surface area contributed by atoms with E-state index in [0.717, 1.165) is 19.3 Å². The first-order chi connectivity index (χ1) is 10.7. The number of carbonyl (C=O) groups excluding carboxylic acids is 1. The van der Waals surface area contributed by atoms with Gasteiger partial charge in [-0.25, -0.2) is 0 Å². The first-order valence-electron chi connectivity index (χ1n) is 7.45. The van der Waals surface area contributed by atoms with Crippen LogP contribution in [0, 0.1) is 5.92 Å². The van der Waals surface area contributed by atoms with Crippen molar-refractivity contribution < 1.29 is 19.0 Å². The van der Waals surface area contributed by atoms with E-state index in [0.29, 0.717) is 41.1 Å². The van der Waals surface area contributed by atoms with Crippen molar-refractivity contribution in [3.05, 3.63) is 6.07 Å². The highest BCUT2D eigenvalue weighted by molar-refractivity contribution is 7.99. The molecule has 0 spiro atoms. The van der Waals surface area contributed by atoms with Gasteiger partial charge in [-0.1, -0.05) is 18.2 Å². The number of rotatable bonds is 7. The molecule has 7 heteroatoms. The van der Waals surface area contributed by atoms with Crippen molar-refractivity contribution in [1.82, 2.24) is 9.97 Å². The minimum Gasteiger partial charge on any atom is -0.481 e. The molecule has 1 aliphatic rings. The lowest BCUT2D eigenvalue weighted by Crippen LogP contribution is -2.17. The van der Waals surface area contributed by atoms with Crippen LogP contribution in [0.25, 0.3) is 0 Å². The summed E-state index contributed by atoms with van der Waals surface area (Å²) in [6, 6.07) is 1.65. The van der Waals surface area contributed by atoms with Crippen LogP contribution in [-0.2, 0) is 9.53 Å². The van der Waals surface area contributed by atoms with Gasteiger partial charge < -0.3 is 14.2 Å². The van der Waals surface area contributed by atoms with Gasteiger partial charge in [-0.05, 0) is 25.7 Å². The SMILES string of the molecule is CCOC(=O)CC1CCCC1Sc1nc(OC)cc(OC)n1. The maximum atomic E-state index is 11.7. The van der Waals surface area contributed by atoms with E-state index in [1.54, 1.807) is 32.0 Å². The number of ether oxygens (including phenoxy) is 3. The highest BCUT2D eigenvalue weighted by atomic mass is 32.2. The zero-order valence-corrected chi connectivity index (χ0v) is 14.0. The summed E-state index contributed by atoms with van der Waals surface area (Å²) in [6.07, 6.45) is 3.67. The van der Waals surface area contributed by atoms with Crippen molar-refractivity contribution in [3.63, 3.8) is 0 Å². The standard InChI is InChI=1S/C15H22N2O4S/c1-4-21-14(18)8-10-6-5-7-11(10)22-15-16-12(19-2)9-13(17-15)20-3/h9-11H,4-8H2,1-3H3. The van der Waals surface area contributed by atoms with Gasteiger partial charge in [0.1, 0.15) is 0 Å². The Morgan fingerprint density at radius 2 is 1.95 bits per heavy atom. The van der Waals surface area contributed by atoms with Crippen molar-refractivity contribution in [1.29, 1.82) is 0 Å². The molecule has 0 aliphatic heterocycles. The third-order valence-electron chi connectivity index (χ3n) is 3.66. The Morgan fingerprint density at radius 1 is 1.27 bits per heavy atom. The van der Waals surface area contributed by atoms with Gasteiger partial charge in [-0.15, -0.1) is 0 Å². The van der Waals surface area contributed by atoms with Crippen LogP contribution in [0.15, 0.2) is 11.2 Å². The predicted molar refractivity (Wildman–Crippen MR) is 83.4 cm³/mol. The quantitative estimate of drug-likeness (QED) is 0.563. The molecule has 2 atom stereocenters. The maximum Gasteiger partial charge on any atom is 0.306 e. The highest BCUT2D eigenvalue weighted by Crippen LogP contribution is 2.40. The predicted octanol–water partition coefficient (Wildman–Crippen LogP) is 2.71. The molecule has 0 radical (unpaired) electrons. The maximum absolute atomic E-state index is 11.7. The van der Waals surface area contributed by atoms with Crippen LogP contribution in [0.3, 0.4) is 0 Å². The smallest absolute Gasteiger partial charge is 0.306 e. The number of hydrogen-bond donors (Lipinski definition) is 0. The van der Waals surface area contributed by atoms with Crippen molar-refractivity contribution in [2.24, 2.45) is 5.92 Å². The molecule has 0 N–H and O–H groups in total. The molecular weight excluding hydrogens is 304 g/mol. The molecular formula is C15H22N2O4S. The normalized spacial score (nSPS) is 20.7. The van der Waals surface area contributed by atoms with Gasteiger partial charge >= 0.3 is 5.97 Å². The minimum absolute atomic E-state index is 0.121. The Kier molecular flexibility index (Phi) is 6.30. The van der Waals surface area contributed by atoms with E-state index in [4.69, 9.17) is 14.2 Å². The van der Waals surface area contributed by atoms with Gasteiger partial charge in [0.15, 0.2) is 5.16 Å². The van der Waals surface area contributed by atoms with E-state index in [9.17, 15) is 4.79 Å². The fraction of sp³-hybridized carbons (Fsp3) is 0.667. The molecule has 2 rings (SSSR count). The third-order valence-corrected chi connectivity index (χ3v) is 4.97. The minimum atomic E-state index is -0.121. The molecule has 1 aromatic heterocycles. The average Bonchev–Trinajstić information content (AvgIpc) is 2.93. The van der Waals surface area contributed by atoms with Crippen molar-refractivity contribution in [2.45, 2.75) is 43.0 Å². The number of methoxy groups -OCH3 is 2. The fourth-order valence-corrected chi connectivity index (χ4v) is 3.87. The zero-order valence-electron chi connectivity index (χ0n) is 13.2. The number of hydrogen-bond acceptors (Lipinski definition) is 7. The molecule has 122 valence electrons. The topological polar surface area (TPSA) is 70.5 Å². The molecule has 0 aromatic carbocycles. The van der Waals surface area contributed by atoms with E-state index in [1.807, 2.05) is 6.92 Å². The summed E-state index contributed by atoms with van der Waals surface area (Å²) in [7, 11) is 3.13. The van der Waals surface area contributed by atoms with Crippen LogP contribution < -0.4 is 9.47 Å². The van der Waals surface area contributed by atoms with Crippen LogP contribution in [-0.4, -0.2) is 42.0 Å². The largest absolute Gasteiger partial charge is 0.481 e. The molecule has 1 saturated carbocycles. The van der Waals surface area contributed by atoms with Crippen LogP contribution in [0.5, 0.6) is 11.8 Å². The number of carbonyl (C=O) groups is 1. The Morgan fingerprint density at radius 3 is 2.55 bits per heavy atom. The van der Waals surface area contributed by atoms with Gasteiger partial charge in [0.2, 0.25) is 11.8 Å². The number of aromatic nitrogens is 2. The summed E-state index contributed by atoms with van der Waals surface area (Å²) in [6.45, 7) is 2.26. The second-order valence-electron chi connectivity index (χ2n) is 5.09. The summed E-state index contributed by atoms with van der Waals surface area (Å²) >= 11 is 1.59. The molecule has 1 aliphatic carbocycles. The lowest BCUT2D eigenvalue weighted by Gasteiger charge is -2.17. The van der Waals surface area contributed by atoms with E-state index in [2.05, 4.69) is 9.97 Å². The van der Waals surface area contributed by atoms with Crippen molar-refractivity contribution in [3.8, 4) is 11.8 Å². The van der Waals surface area contributed by atoms with Gasteiger partial charge in [0, 0.05) is 11.7 Å². The molecule has 1 fully saturated rings. The lowest BCUT2D eigenvalue weighted by atomic mass is 10.0. The Hall–Kier alpha value is -1.50. The van der Waals surface area contributed by atoms with Crippen LogP contribution in [0.1, 0.15) is 32.6 Å². The summed E-state index contributed by atoms with van der Waals surface area (Å²) in [5, 5.41) is 0.943. The Labute approximate surface area is 135 Å². The van der Waals surface area contributed by atoms with Gasteiger partial charge in [-0.3, -0.25) is 4.79 Å². The third kappa shape index (κ3) is 4.50. The van der Waals surface area contributed by atoms with E-state index < -0.39 is 0 Å². The summed E-state index contributed by atoms with van der Waals surface area (Å²) in [5.41, 5.74) is 0. The Balaban J connectivity index is 2.03. The molecule has 1 heterocycles. The first-order valence-corrected chi connectivity index (χ1v) is 8.33. The Bertz CT molecular complexity index is 490.